The van der Waals surface area contributed by atoms with E-state index in [9.17, 15) is 9.70 Å². The van der Waals surface area contributed by atoms with Crippen molar-refractivity contribution in [1.82, 2.24) is 5.01 Å². The van der Waals surface area contributed by atoms with Gasteiger partial charge in [-0.1, -0.05) is 0 Å². The Balaban J connectivity index is 3.69. The molecule has 0 aliphatic rings. The van der Waals surface area contributed by atoms with E-state index in [0.29, 0.717) is 5.01 Å². The van der Waals surface area contributed by atoms with E-state index in [-0.39, 0.29) is 0 Å². The smallest absolute Gasteiger partial charge is 0.338 e. The monoisotopic (exact) mass is 116 g/mol. The number of nitroso groups, excluding NO2 is 1. The van der Waals surface area contributed by atoms with E-state index in [1.165, 1.54) is 13.5 Å². The van der Waals surface area contributed by atoms with Crippen molar-refractivity contribution in [2.24, 2.45) is 11.0 Å². The van der Waals surface area contributed by atoms with Crippen LogP contribution in [0.5, 0.6) is 0 Å². The van der Waals surface area contributed by atoms with Gasteiger partial charge in [0.25, 0.3) is 0 Å². The molecule has 0 aromatic heterocycles. The lowest BCUT2D eigenvalue weighted by Gasteiger charge is -2.02. The zero-order chi connectivity index (χ0) is 6.57. The molecule has 0 aliphatic heterocycles. The van der Waals surface area contributed by atoms with Gasteiger partial charge in [-0.2, -0.15) is 5.01 Å². The highest BCUT2D eigenvalue weighted by atomic mass is 16.3. The van der Waals surface area contributed by atoms with Crippen molar-refractivity contribution >= 4 is 6.03 Å². The average Bonchev–Trinajstić information content (AvgIpc) is 1.69. The van der Waals surface area contributed by atoms with Crippen molar-refractivity contribution in [3.63, 3.8) is 0 Å². The zero-order valence-corrected chi connectivity index (χ0v) is 4.37. The Hall–Kier alpha value is -1.13. The Kier molecular flexibility index (Phi) is 2.53. The van der Waals surface area contributed by atoms with Crippen LogP contribution in [0.2, 0.25) is 0 Å². The molecule has 45 valence electrons. The number of amides is 2. The number of carbonyl (C=O) groups excluding carboxylic acids is 1. The number of nitrogens with zero attached hydrogens (tertiary/aromatic N) is 2. The summed E-state index contributed by atoms with van der Waals surface area (Å²) >= 11 is 0. The van der Waals surface area contributed by atoms with Crippen LogP contribution in [0.1, 0.15) is 6.92 Å². The van der Waals surface area contributed by atoms with Gasteiger partial charge in [-0.05, 0) is 6.92 Å². The SMILES string of the molecule is C[CH]N(N=O)C(N)=O. The van der Waals surface area contributed by atoms with Crippen LogP contribution in [-0.4, -0.2) is 11.0 Å². The predicted octanol–water partition coefficient (Wildman–Crippen LogP) is 0.230. The number of rotatable bonds is 2. The quantitative estimate of drug-likeness (QED) is 0.414. The number of primary amides is 1. The molecule has 5 nitrogen and oxygen atoms in total. The number of urea groups is 1. The first-order valence-corrected chi connectivity index (χ1v) is 1.93. The fraction of sp³-hybridized carbons (Fsp3) is 0.333. The first kappa shape index (κ1) is 6.87. The van der Waals surface area contributed by atoms with Crippen molar-refractivity contribution in [3.8, 4) is 0 Å². The highest BCUT2D eigenvalue weighted by molar-refractivity contribution is 5.72. The molecule has 0 aromatic rings. The van der Waals surface area contributed by atoms with E-state index < -0.39 is 6.03 Å². The molecule has 0 bridgehead atoms. The summed E-state index contributed by atoms with van der Waals surface area (Å²) < 4.78 is 0. The standard InChI is InChI=1S/C3H6N3O2/c1-2-6(5-8)3(4)7/h2H,1H3,(H2,4,7). The molecular weight excluding hydrogens is 110 g/mol. The molecule has 1 radical (unpaired) electrons. The fourth-order valence-electron chi connectivity index (χ4n) is 0.215. The summed E-state index contributed by atoms with van der Waals surface area (Å²) in [7, 11) is 0. The van der Waals surface area contributed by atoms with Crippen LogP contribution in [0.25, 0.3) is 0 Å². The van der Waals surface area contributed by atoms with Crippen LogP contribution in [0.4, 0.5) is 4.79 Å². The predicted molar refractivity (Wildman–Crippen MR) is 27.2 cm³/mol. The van der Waals surface area contributed by atoms with Crippen molar-refractivity contribution in [2.45, 2.75) is 6.92 Å². The zero-order valence-electron chi connectivity index (χ0n) is 4.37. The molecule has 5 heteroatoms. The molecule has 0 saturated heterocycles. The van der Waals surface area contributed by atoms with Crippen molar-refractivity contribution < 1.29 is 4.79 Å². The maximum Gasteiger partial charge on any atom is 0.338 e. The minimum Gasteiger partial charge on any atom is -0.350 e. The number of carbonyl (C=O) groups is 1. The van der Waals surface area contributed by atoms with E-state index >= 15 is 0 Å². The highest BCUT2D eigenvalue weighted by Gasteiger charge is 2.03. The summed E-state index contributed by atoms with van der Waals surface area (Å²) in [4.78, 5) is 19.5. The number of hydrogen-bond donors (Lipinski definition) is 1. The third-order valence-electron chi connectivity index (χ3n) is 0.558. The second-order valence-electron chi connectivity index (χ2n) is 1.02. The molecule has 0 saturated carbocycles. The summed E-state index contributed by atoms with van der Waals surface area (Å²) in [6.45, 7) is 2.65. The van der Waals surface area contributed by atoms with Gasteiger partial charge in [0.2, 0.25) is 0 Å². The molecule has 0 atom stereocenters. The Bertz CT molecular complexity index is 103. The van der Waals surface area contributed by atoms with E-state index in [2.05, 4.69) is 11.0 Å². The maximum absolute atomic E-state index is 9.98. The molecule has 0 spiro atoms. The molecule has 0 aliphatic carbocycles. The van der Waals surface area contributed by atoms with Gasteiger partial charge in [-0.15, -0.1) is 4.91 Å². The lowest BCUT2D eigenvalue weighted by molar-refractivity contribution is 0.220. The third kappa shape index (κ3) is 1.55. The van der Waals surface area contributed by atoms with Gasteiger partial charge in [0, 0.05) is 0 Å². The number of hydrogen-bond acceptors (Lipinski definition) is 3. The topological polar surface area (TPSA) is 75.8 Å². The largest absolute Gasteiger partial charge is 0.350 e. The molecule has 8 heavy (non-hydrogen) atoms. The van der Waals surface area contributed by atoms with Gasteiger partial charge < -0.3 is 5.73 Å². The van der Waals surface area contributed by atoms with Crippen molar-refractivity contribution in [2.75, 3.05) is 0 Å². The summed E-state index contributed by atoms with van der Waals surface area (Å²) in [6, 6.07) is -0.873. The molecule has 0 rings (SSSR count). The molecular formula is C3H6N3O2. The van der Waals surface area contributed by atoms with E-state index in [1.54, 1.807) is 0 Å². The Morgan fingerprint density at radius 2 is 2.38 bits per heavy atom. The highest BCUT2D eigenvalue weighted by Crippen LogP contribution is 1.89. The second-order valence-corrected chi connectivity index (χ2v) is 1.02. The molecule has 2 N–H and O–H groups in total. The van der Waals surface area contributed by atoms with Crippen molar-refractivity contribution in [3.05, 3.63) is 11.5 Å². The molecule has 0 fully saturated rings. The normalized spacial score (nSPS) is 8.12. The van der Waals surface area contributed by atoms with Crippen LogP contribution in [-0.2, 0) is 0 Å². The van der Waals surface area contributed by atoms with Crippen LogP contribution < -0.4 is 5.73 Å². The van der Waals surface area contributed by atoms with Crippen molar-refractivity contribution in [1.29, 1.82) is 0 Å². The van der Waals surface area contributed by atoms with Crippen LogP contribution in [0.15, 0.2) is 5.29 Å². The lowest BCUT2D eigenvalue weighted by atomic mass is 10.7. The minimum absolute atomic E-state index is 0.500. The van der Waals surface area contributed by atoms with E-state index in [0.717, 1.165) is 0 Å². The summed E-state index contributed by atoms with van der Waals surface area (Å²) in [6.07, 6.45) is 0. The minimum atomic E-state index is -0.873. The summed E-state index contributed by atoms with van der Waals surface area (Å²) in [5.74, 6) is 0. The second kappa shape index (κ2) is 2.95. The van der Waals surface area contributed by atoms with Gasteiger partial charge in [-0.3, -0.25) is 0 Å². The Morgan fingerprint density at radius 1 is 1.88 bits per heavy atom. The molecule has 0 heterocycles. The van der Waals surface area contributed by atoms with Crippen LogP contribution >= 0.6 is 0 Å². The molecule has 0 aromatic carbocycles. The first-order valence-electron chi connectivity index (χ1n) is 1.93. The van der Waals surface area contributed by atoms with Crippen LogP contribution in [0, 0.1) is 11.5 Å². The number of nitrogens with two attached hydrogens (primary N) is 1. The summed E-state index contributed by atoms with van der Waals surface area (Å²) in [5.41, 5.74) is 4.62. The lowest BCUT2D eigenvalue weighted by Crippen LogP contribution is -2.27. The van der Waals surface area contributed by atoms with Gasteiger partial charge in [-0.25, -0.2) is 4.79 Å². The van der Waals surface area contributed by atoms with E-state index in [1.807, 2.05) is 0 Å². The van der Waals surface area contributed by atoms with Gasteiger partial charge in [0.05, 0.1) is 11.8 Å². The first-order chi connectivity index (χ1) is 3.72. The Labute approximate surface area is 46.4 Å². The van der Waals surface area contributed by atoms with Gasteiger partial charge in [0.15, 0.2) is 0 Å². The van der Waals surface area contributed by atoms with E-state index in [4.69, 9.17) is 0 Å². The Morgan fingerprint density at radius 3 is 2.38 bits per heavy atom. The fourth-order valence-corrected chi connectivity index (χ4v) is 0.215. The van der Waals surface area contributed by atoms with Gasteiger partial charge >= 0.3 is 6.03 Å². The average molecular weight is 116 g/mol. The third-order valence-corrected chi connectivity index (χ3v) is 0.558. The maximum atomic E-state index is 9.98. The van der Waals surface area contributed by atoms with Crippen LogP contribution in [0.3, 0.4) is 0 Å². The molecule has 2 amide bonds. The summed E-state index contributed by atoms with van der Waals surface area (Å²) in [5, 5.41) is 2.76. The van der Waals surface area contributed by atoms with Gasteiger partial charge in [0.1, 0.15) is 0 Å². The molecule has 0 unspecified atom stereocenters.